The van der Waals surface area contributed by atoms with Crippen molar-refractivity contribution in [2.45, 2.75) is 22.8 Å². The first kappa shape index (κ1) is 18.4. The van der Waals surface area contributed by atoms with Gasteiger partial charge in [-0.25, -0.2) is 4.79 Å². The van der Waals surface area contributed by atoms with E-state index < -0.39 is 34.7 Å². The van der Waals surface area contributed by atoms with E-state index in [1.165, 1.54) is 18.0 Å². The third-order valence-electron chi connectivity index (χ3n) is 4.13. The van der Waals surface area contributed by atoms with Crippen LogP contribution in [0.1, 0.15) is 26.1 Å². The Balaban J connectivity index is 1.67. The second kappa shape index (κ2) is 7.86. The Hall–Kier alpha value is -2.42. The Morgan fingerprint density at radius 2 is 1.77 bits per heavy atom. The fourth-order valence-corrected chi connectivity index (χ4v) is 4.15. The van der Waals surface area contributed by atoms with E-state index in [0.717, 1.165) is 0 Å². The molecule has 136 valence electrons. The SMILES string of the molecule is NC(=O)c1ccc[n+]([C@@H]2S[C@H](COC(=O)c3ccccc3)[C@@H](O)[C@H]2O)c1. The van der Waals surface area contributed by atoms with Crippen molar-refractivity contribution in [1.82, 2.24) is 0 Å². The zero-order chi connectivity index (χ0) is 18.7. The Labute approximate surface area is 154 Å². The number of aliphatic hydroxyl groups is 2. The highest BCUT2D eigenvalue weighted by molar-refractivity contribution is 8.00. The molecule has 1 fully saturated rings. The van der Waals surface area contributed by atoms with E-state index in [1.807, 2.05) is 0 Å². The normalized spacial score (nSPS) is 25.0. The molecule has 2 heterocycles. The number of rotatable bonds is 5. The van der Waals surface area contributed by atoms with Crippen molar-refractivity contribution in [2.24, 2.45) is 5.73 Å². The number of ether oxygens (including phenoxy) is 1. The highest BCUT2D eigenvalue weighted by Crippen LogP contribution is 2.38. The van der Waals surface area contributed by atoms with Gasteiger partial charge in [0.15, 0.2) is 18.5 Å². The molecule has 26 heavy (non-hydrogen) atoms. The summed E-state index contributed by atoms with van der Waals surface area (Å²) in [5, 5.41) is 19.6. The van der Waals surface area contributed by atoms with Gasteiger partial charge in [0, 0.05) is 6.07 Å². The van der Waals surface area contributed by atoms with E-state index in [9.17, 15) is 19.8 Å². The number of nitrogens with zero attached hydrogens (tertiary/aromatic N) is 1. The minimum absolute atomic E-state index is 0.0385. The Morgan fingerprint density at radius 1 is 1.08 bits per heavy atom. The molecule has 1 aliphatic rings. The lowest BCUT2D eigenvalue weighted by Crippen LogP contribution is -2.45. The number of thioether (sulfide) groups is 1. The average Bonchev–Trinajstić information content (AvgIpc) is 2.95. The van der Waals surface area contributed by atoms with Crippen LogP contribution in [0.3, 0.4) is 0 Å². The topological polar surface area (TPSA) is 114 Å². The highest BCUT2D eigenvalue weighted by Gasteiger charge is 2.48. The molecule has 3 rings (SSSR count). The summed E-state index contributed by atoms with van der Waals surface area (Å²) in [6, 6.07) is 11.8. The van der Waals surface area contributed by atoms with Crippen molar-refractivity contribution in [3.05, 3.63) is 66.0 Å². The molecular formula is C18H19N2O5S+. The molecule has 0 aliphatic carbocycles. The van der Waals surface area contributed by atoms with E-state index in [2.05, 4.69) is 0 Å². The van der Waals surface area contributed by atoms with Crippen LogP contribution in [0.4, 0.5) is 0 Å². The molecule has 1 saturated heterocycles. The van der Waals surface area contributed by atoms with Crippen LogP contribution < -0.4 is 10.3 Å². The third kappa shape index (κ3) is 3.87. The van der Waals surface area contributed by atoms with E-state index in [4.69, 9.17) is 10.5 Å². The predicted octanol–water partition coefficient (Wildman–Crippen LogP) is 0.266. The number of aliphatic hydroxyl groups excluding tert-OH is 2. The standard InChI is InChI=1S/C18H18N2O5S/c19-16(23)12-7-4-8-20(9-12)17-15(22)14(21)13(26-17)10-25-18(24)11-5-2-1-3-6-11/h1-9,13-15,17,21-22H,10H2,(H-,19,23)/p+1/t13-,14-,15-,17-/m1/s1. The Morgan fingerprint density at radius 3 is 2.46 bits per heavy atom. The zero-order valence-electron chi connectivity index (χ0n) is 13.8. The van der Waals surface area contributed by atoms with E-state index in [0.29, 0.717) is 11.1 Å². The van der Waals surface area contributed by atoms with Crippen molar-refractivity contribution in [3.8, 4) is 0 Å². The molecule has 2 aromatic rings. The summed E-state index contributed by atoms with van der Waals surface area (Å²) in [5.74, 6) is -1.06. The predicted molar refractivity (Wildman–Crippen MR) is 94.3 cm³/mol. The van der Waals surface area contributed by atoms with E-state index in [1.54, 1.807) is 53.2 Å². The first-order valence-electron chi connectivity index (χ1n) is 8.02. The van der Waals surface area contributed by atoms with Crippen molar-refractivity contribution < 1.29 is 29.1 Å². The molecule has 1 amide bonds. The minimum Gasteiger partial charge on any atom is -0.461 e. The summed E-state index contributed by atoms with van der Waals surface area (Å²) in [6.45, 7) is -0.0385. The number of esters is 1. The van der Waals surface area contributed by atoms with Crippen LogP contribution in [0, 0.1) is 0 Å². The largest absolute Gasteiger partial charge is 0.461 e. The van der Waals surface area contributed by atoms with Gasteiger partial charge in [-0.1, -0.05) is 30.0 Å². The highest BCUT2D eigenvalue weighted by atomic mass is 32.2. The molecule has 1 aromatic heterocycles. The lowest BCUT2D eigenvalue weighted by molar-refractivity contribution is -0.706. The minimum atomic E-state index is -1.08. The van der Waals surface area contributed by atoms with Gasteiger partial charge in [-0.3, -0.25) is 4.79 Å². The van der Waals surface area contributed by atoms with Gasteiger partial charge in [0.1, 0.15) is 18.3 Å². The lowest BCUT2D eigenvalue weighted by atomic mass is 10.1. The van der Waals surface area contributed by atoms with Crippen molar-refractivity contribution in [2.75, 3.05) is 6.61 Å². The molecule has 0 radical (unpaired) electrons. The van der Waals surface area contributed by atoms with Gasteiger partial charge >= 0.3 is 5.97 Å². The maximum atomic E-state index is 12.0. The number of carbonyl (C=O) groups excluding carboxylic acids is 2. The number of hydrogen-bond donors (Lipinski definition) is 3. The number of nitrogens with two attached hydrogens (primary N) is 1. The zero-order valence-corrected chi connectivity index (χ0v) is 14.6. The molecule has 1 aliphatic heterocycles. The van der Waals surface area contributed by atoms with E-state index >= 15 is 0 Å². The molecule has 0 spiro atoms. The molecule has 0 unspecified atom stereocenters. The molecule has 0 saturated carbocycles. The summed E-state index contributed by atoms with van der Waals surface area (Å²) in [7, 11) is 0. The molecule has 4 N–H and O–H groups in total. The monoisotopic (exact) mass is 375 g/mol. The summed E-state index contributed by atoms with van der Waals surface area (Å²) < 4.78 is 6.89. The molecule has 0 bridgehead atoms. The number of amides is 1. The smallest absolute Gasteiger partial charge is 0.338 e. The summed E-state index contributed by atoms with van der Waals surface area (Å²) >= 11 is 1.27. The molecule has 4 atom stereocenters. The number of aromatic nitrogens is 1. The second-order valence-corrected chi connectivity index (χ2v) is 7.28. The Bertz CT molecular complexity index is 801. The maximum Gasteiger partial charge on any atom is 0.338 e. The Kier molecular flexibility index (Phi) is 5.55. The van der Waals surface area contributed by atoms with Crippen LogP contribution in [-0.4, -0.2) is 46.2 Å². The summed E-state index contributed by atoms with van der Waals surface area (Å²) in [5.41, 5.74) is 6.00. The van der Waals surface area contributed by atoms with Gasteiger partial charge in [0.05, 0.1) is 10.8 Å². The van der Waals surface area contributed by atoms with Crippen LogP contribution in [0.25, 0.3) is 0 Å². The van der Waals surface area contributed by atoms with Crippen LogP contribution >= 0.6 is 11.8 Å². The van der Waals surface area contributed by atoms with Crippen LogP contribution in [-0.2, 0) is 4.74 Å². The first-order valence-corrected chi connectivity index (χ1v) is 8.96. The van der Waals surface area contributed by atoms with Crippen LogP contribution in [0.2, 0.25) is 0 Å². The van der Waals surface area contributed by atoms with Crippen molar-refractivity contribution in [1.29, 1.82) is 0 Å². The number of benzene rings is 1. The van der Waals surface area contributed by atoms with Crippen molar-refractivity contribution >= 4 is 23.6 Å². The van der Waals surface area contributed by atoms with Crippen molar-refractivity contribution in [3.63, 3.8) is 0 Å². The van der Waals surface area contributed by atoms with Crippen LogP contribution in [0.5, 0.6) is 0 Å². The molecule has 8 heteroatoms. The fraction of sp³-hybridized carbons (Fsp3) is 0.278. The first-order chi connectivity index (χ1) is 12.5. The fourth-order valence-electron chi connectivity index (χ4n) is 2.73. The molecular weight excluding hydrogens is 356 g/mol. The quantitative estimate of drug-likeness (QED) is 0.510. The van der Waals surface area contributed by atoms with Gasteiger partial charge in [-0.05, 0) is 18.2 Å². The van der Waals surface area contributed by atoms with Gasteiger partial charge in [-0.2, -0.15) is 4.57 Å². The van der Waals surface area contributed by atoms with Gasteiger partial charge in [-0.15, -0.1) is 0 Å². The second-order valence-electron chi connectivity index (χ2n) is 5.91. The van der Waals surface area contributed by atoms with E-state index in [-0.39, 0.29) is 6.61 Å². The average molecular weight is 375 g/mol. The van der Waals surface area contributed by atoms with Gasteiger partial charge < -0.3 is 20.7 Å². The summed E-state index contributed by atoms with van der Waals surface area (Å²) in [6.07, 6.45) is 1.05. The van der Waals surface area contributed by atoms with Gasteiger partial charge in [0.25, 0.3) is 5.91 Å². The summed E-state index contributed by atoms with van der Waals surface area (Å²) in [4.78, 5) is 23.4. The third-order valence-corrected chi connectivity index (χ3v) is 5.69. The molecule has 1 aromatic carbocycles. The molecule has 7 nitrogen and oxygen atoms in total. The van der Waals surface area contributed by atoms with Gasteiger partial charge in [0.2, 0.25) is 5.37 Å². The number of hydrogen-bond acceptors (Lipinski definition) is 6. The van der Waals surface area contributed by atoms with Crippen LogP contribution in [0.15, 0.2) is 54.9 Å². The number of pyridine rings is 1. The number of carbonyl (C=O) groups is 2. The maximum absolute atomic E-state index is 12.0. The lowest BCUT2D eigenvalue weighted by Gasteiger charge is -2.14. The number of primary amides is 1.